The molecule has 1 heterocycles. The van der Waals surface area contributed by atoms with Gasteiger partial charge in [-0.1, -0.05) is 24.3 Å². The molecule has 2 aromatic carbocycles. The van der Waals surface area contributed by atoms with E-state index < -0.39 is 11.7 Å². The predicted molar refractivity (Wildman–Crippen MR) is 101 cm³/mol. The van der Waals surface area contributed by atoms with Crippen molar-refractivity contribution >= 4 is 11.5 Å². The highest BCUT2D eigenvalue weighted by molar-refractivity contribution is 5.68. The lowest BCUT2D eigenvalue weighted by molar-refractivity contribution is -0.137. The van der Waals surface area contributed by atoms with Crippen molar-refractivity contribution in [2.24, 2.45) is 5.73 Å². The van der Waals surface area contributed by atoms with Gasteiger partial charge in [-0.25, -0.2) is 0 Å². The summed E-state index contributed by atoms with van der Waals surface area (Å²) in [6.07, 6.45) is -1.51. The van der Waals surface area contributed by atoms with Gasteiger partial charge in [0, 0.05) is 17.4 Å². The van der Waals surface area contributed by atoms with Gasteiger partial charge < -0.3 is 16.0 Å². The first kappa shape index (κ1) is 17.7. The zero-order valence-corrected chi connectivity index (χ0v) is 14.6. The maximum atomic E-state index is 12.7. The van der Waals surface area contributed by atoms with E-state index in [1.165, 1.54) is 23.3 Å². The van der Waals surface area contributed by atoms with E-state index >= 15 is 0 Å². The molecule has 1 aliphatic carbocycles. The van der Waals surface area contributed by atoms with Crippen molar-refractivity contribution in [1.82, 2.24) is 4.98 Å². The van der Waals surface area contributed by atoms with Crippen LogP contribution in [-0.2, 0) is 19.0 Å². The summed E-state index contributed by atoms with van der Waals surface area (Å²) in [6.45, 7) is 0. The minimum absolute atomic E-state index is 0.173. The number of hydrogen-bond donors (Lipinski definition) is 3. The van der Waals surface area contributed by atoms with Gasteiger partial charge in [0.25, 0.3) is 0 Å². The Morgan fingerprint density at radius 3 is 2.52 bits per heavy atom. The van der Waals surface area contributed by atoms with Gasteiger partial charge in [-0.3, -0.25) is 0 Å². The van der Waals surface area contributed by atoms with Crippen LogP contribution in [-0.4, -0.2) is 11.0 Å². The Hall–Kier alpha value is -2.73. The van der Waals surface area contributed by atoms with Crippen LogP contribution in [0.3, 0.4) is 0 Å². The summed E-state index contributed by atoms with van der Waals surface area (Å²) in [5.41, 5.74) is 10.5. The Labute approximate surface area is 155 Å². The Balaban J connectivity index is 1.56. The molecule has 0 aliphatic heterocycles. The SMILES string of the molecule is NC1CCc2cccc(Nc3ccc(-c4ccc(C(F)(F)F)cc4)[nH]3)c2C1. The maximum Gasteiger partial charge on any atom is 0.416 e. The first-order valence-corrected chi connectivity index (χ1v) is 8.90. The molecule has 4 N–H and O–H groups in total. The zero-order valence-electron chi connectivity index (χ0n) is 14.6. The van der Waals surface area contributed by atoms with Crippen molar-refractivity contribution in [2.45, 2.75) is 31.5 Å². The smallest absolute Gasteiger partial charge is 0.342 e. The number of aromatic amines is 1. The second kappa shape index (κ2) is 6.78. The lowest BCUT2D eigenvalue weighted by Gasteiger charge is -2.24. The van der Waals surface area contributed by atoms with Crippen LogP contribution in [0.1, 0.15) is 23.1 Å². The molecule has 1 aromatic heterocycles. The van der Waals surface area contributed by atoms with Gasteiger partial charge in [0.05, 0.1) is 5.56 Å². The molecule has 0 spiro atoms. The number of anilines is 2. The largest absolute Gasteiger partial charge is 0.416 e. The molecule has 0 bridgehead atoms. The minimum atomic E-state index is -4.33. The second-order valence-electron chi connectivity index (χ2n) is 6.93. The number of aryl methyl sites for hydroxylation is 1. The van der Waals surface area contributed by atoms with Gasteiger partial charge in [0.15, 0.2) is 0 Å². The van der Waals surface area contributed by atoms with E-state index in [1.807, 2.05) is 24.3 Å². The van der Waals surface area contributed by atoms with E-state index in [-0.39, 0.29) is 6.04 Å². The topological polar surface area (TPSA) is 53.8 Å². The Bertz CT molecular complexity index is 942. The molecule has 4 rings (SSSR count). The molecule has 1 atom stereocenters. The molecule has 3 aromatic rings. The summed E-state index contributed by atoms with van der Waals surface area (Å²) in [5, 5.41) is 3.39. The highest BCUT2D eigenvalue weighted by atomic mass is 19.4. The van der Waals surface area contributed by atoms with E-state index in [1.54, 1.807) is 0 Å². The average molecular weight is 371 g/mol. The number of hydrogen-bond acceptors (Lipinski definition) is 2. The molecule has 0 amide bonds. The molecular formula is C21H20F3N3. The molecule has 1 unspecified atom stereocenters. The molecule has 6 heteroatoms. The number of fused-ring (bicyclic) bond motifs is 1. The fourth-order valence-electron chi connectivity index (χ4n) is 3.55. The number of nitrogens with two attached hydrogens (primary N) is 1. The number of alkyl halides is 3. The van der Waals surface area contributed by atoms with Crippen LogP contribution in [0.5, 0.6) is 0 Å². The zero-order chi connectivity index (χ0) is 19.0. The summed E-state index contributed by atoms with van der Waals surface area (Å²) in [4.78, 5) is 3.23. The van der Waals surface area contributed by atoms with Crippen molar-refractivity contribution in [3.8, 4) is 11.3 Å². The van der Waals surface area contributed by atoms with Crippen molar-refractivity contribution < 1.29 is 13.2 Å². The second-order valence-corrected chi connectivity index (χ2v) is 6.93. The third-order valence-corrected chi connectivity index (χ3v) is 5.00. The van der Waals surface area contributed by atoms with Crippen LogP contribution in [0, 0.1) is 0 Å². The summed E-state index contributed by atoms with van der Waals surface area (Å²) < 4.78 is 38.1. The van der Waals surface area contributed by atoms with Crippen LogP contribution in [0.25, 0.3) is 11.3 Å². The van der Waals surface area contributed by atoms with E-state index in [9.17, 15) is 13.2 Å². The Morgan fingerprint density at radius 1 is 1.00 bits per heavy atom. The third kappa shape index (κ3) is 3.71. The van der Waals surface area contributed by atoms with Crippen LogP contribution in [0.15, 0.2) is 54.6 Å². The number of rotatable bonds is 3. The molecule has 0 saturated carbocycles. The fraction of sp³-hybridized carbons (Fsp3) is 0.238. The van der Waals surface area contributed by atoms with Crippen molar-refractivity contribution in [3.63, 3.8) is 0 Å². The van der Waals surface area contributed by atoms with Gasteiger partial charge >= 0.3 is 6.18 Å². The molecule has 1 aliphatic rings. The number of halogens is 3. The molecular weight excluding hydrogens is 351 g/mol. The van der Waals surface area contributed by atoms with Gasteiger partial charge in [0.1, 0.15) is 5.82 Å². The molecule has 0 fully saturated rings. The quantitative estimate of drug-likeness (QED) is 0.588. The summed E-state index contributed by atoms with van der Waals surface area (Å²) in [5.74, 6) is 0.789. The highest BCUT2D eigenvalue weighted by Crippen LogP contribution is 2.32. The molecule has 27 heavy (non-hydrogen) atoms. The van der Waals surface area contributed by atoms with Crippen LogP contribution >= 0.6 is 0 Å². The van der Waals surface area contributed by atoms with Crippen molar-refractivity contribution in [3.05, 3.63) is 71.3 Å². The number of benzene rings is 2. The van der Waals surface area contributed by atoms with Crippen LogP contribution in [0.4, 0.5) is 24.7 Å². The molecule has 0 saturated heterocycles. The monoisotopic (exact) mass is 371 g/mol. The number of nitrogens with one attached hydrogen (secondary N) is 2. The lowest BCUT2D eigenvalue weighted by atomic mass is 9.87. The average Bonchev–Trinajstić information content (AvgIpc) is 3.10. The van der Waals surface area contributed by atoms with Gasteiger partial charge in [-0.15, -0.1) is 0 Å². The Morgan fingerprint density at radius 2 is 1.78 bits per heavy atom. The molecule has 0 radical (unpaired) electrons. The maximum absolute atomic E-state index is 12.7. The van der Waals surface area contributed by atoms with E-state index in [4.69, 9.17) is 5.73 Å². The van der Waals surface area contributed by atoms with Gasteiger partial charge in [-0.05, 0) is 66.3 Å². The fourth-order valence-corrected chi connectivity index (χ4v) is 3.55. The third-order valence-electron chi connectivity index (χ3n) is 5.00. The lowest BCUT2D eigenvalue weighted by Crippen LogP contribution is -2.28. The van der Waals surface area contributed by atoms with Crippen molar-refractivity contribution in [2.75, 3.05) is 5.32 Å². The van der Waals surface area contributed by atoms with Gasteiger partial charge in [0.2, 0.25) is 0 Å². The standard InChI is InChI=1S/C21H20F3N3/c22-21(23,24)15-7-4-14(5-8-15)18-10-11-20(26-18)27-19-3-1-2-13-6-9-16(25)12-17(13)19/h1-5,7-8,10-11,16,26-27H,6,9,12,25H2. The van der Waals surface area contributed by atoms with Gasteiger partial charge in [-0.2, -0.15) is 13.2 Å². The van der Waals surface area contributed by atoms with Crippen LogP contribution < -0.4 is 11.1 Å². The summed E-state index contributed by atoms with van der Waals surface area (Å²) in [7, 11) is 0. The number of H-pyrrole nitrogens is 1. The Kier molecular flexibility index (Phi) is 4.44. The van der Waals surface area contributed by atoms with E-state index in [2.05, 4.69) is 16.4 Å². The predicted octanol–water partition coefficient (Wildman–Crippen LogP) is 5.26. The molecule has 140 valence electrons. The van der Waals surface area contributed by atoms with Crippen molar-refractivity contribution in [1.29, 1.82) is 0 Å². The van der Waals surface area contributed by atoms with Crippen LogP contribution in [0.2, 0.25) is 0 Å². The molecule has 3 nitrogen and oxygen atoms in total. The van der Waals surface area contributed by atoms with E-state index in [0.717, 1.165) is 48.6 Å². The number of aromatic nitrogens is 1. The first-order chi connectivity index (χ1) is 12.9. The first-order valence-electron chi connectivity index (χ1n) is 8.90. The van der Waals surface area contributed by atoms with E-state index in [0.29, 0.717) is 5.56 Å². The highest BCUT2D eigenvalue weighted by Gasteiger charge is 2.30. The summed E-state index contributed by atoms with van der Waals surface area (Å²) >= 11 is 0. The normalized spacial score (nSPS) is 16.8. The minimum Gasteiger partial charge on any atom is -0.342 e. The summed E-state index contributed by atoms with van der Waals surface area (Å²) in [6, 6.07) is 15.2.